The zero-order chi connectivity index (χ0) is 16.1. The second kappa shape index (κ2) is 7.37. The minimum absolute atomic E-state index is 0.0790. The zero-order valence-electron chi connectivity index (χ0n) is 11.9. The fourth-order valence-electron chi connectivity index (χ4n) is 1.86. The number of hydrogen-bond donors (Lipinski definition) is 4. The van der Waals surface area contributed by atoms with Crippen LogP contribution in [0.5, 0.6) is 0 Å². The second-order valence-corrected chi connectivity index (χ2v) is 6.97. The molecule has 1 heterocycles. The van der Waals surface area contributed by atoms with Crippen molar-refractivity contribution >= 4 is 50.0 Å². The molecule has 22 heavy (non-hydrogen) atoms. The van der Waals surface area contributed by atoms with Crippen molar-refractivity contribution in [2.45, 2.75) is 19.8 Å². The number of carbonyl (C=O) groups is 1. The number of carbonyl (C=O) groups excluding carboxylic acids is 1. The van der Waals surface area contributed by atoms with Crippen LogP contribution in [-0.2, 0) is 17.6 Å². The zero-order valence-corrected chi connectivity index (χ0v) is 14.3. The van der Waals surface area contributed by atoms with Gasteiger partial charge in [-0.1, -0.05) is 23.5 Å². The van der Waals surface area contributed by atoms with E-state index >= 15 is 0 Å². The maximum atomic E-state index is 11.0. The molecular weight excluding hydrogens is 366 g/mol. The van der Waals surface area contributed by atoms with Gasteiger partial charge in [0.2, 0.25) is 5.91 Å². The van der Waals surface area contributed by atoms with Crippen molar-refractivity contribution in [3.63, 3.8) is 0 Å². The van der Waals surface area contributed by atoms with Gasteiger partial charge in [0.15, 0.2) is 11.1 Å². The van der Waals surface area contributed by atoms with Crippen LogP contribution in [0.2, 0.25) is 0 Å². The minimum atomic E-state index is -0.124. The summed E-state index contributed by atoms with van der Waals surface area (Å²) < 4.78 is 0.936. The number of thiazole rings is 1. The first-order chi connectivity index (χ1) is 10.4. The van der Waals surface area contributed by atoms with E-state index in [2.05, 4.69) is 31.5 Å². The molecule has 0 radical (unpaired) electrons. The van der Waals surface area contributed by atoms with Crippen molar-refractivity contribution in [3.8, 4) is 0 Å². The first kappa shape index (κ1) is 16.4. The predicted molar refractivity (Wildman–Crippen MR) is 93.5 cm³/mol. The summed E-state index contributed by atoms with van der Waals surface area (Å²) in [6, 6.07) is 7.74. The number of rotatable bonds is 5. The van der Waals surface area contributed by atoms with Crippen molar-refractivity contribution in [1.82, 2.24) is 4.98 Å². The van der Waals surface area contributed by atoms with Crippen molar-refractivity contribution in [1.29, 1.82) is 5.41 Å². The standard InChI is InChI=1S/C14H16BrN5OS/c1-8(21)18-14-20-11(12(15)22-14)7-4-9-2-5-10(6-3-9)19-13(16)17/h2-3,5-6H,4,7H2,1H3,(H4,16,17,19)(H,18,20,21). The first-order valence-corrected chi connectivity index (χ1v) is 8.18. The Morgan fingerprint density at radius 1 is 1.32 bits per heavy atom. The van der Waals surface area contributed by atoms with Gasteiger partial charge in [0, 0.05) is 12.6 Å². The molecule has 0 atom stereocenters. The van der Waals surface area contributed by atoms with Crippen LogP contribution >= 0.6 is 27.3 Å². The van der Waals surface area contributed by atoms with Crippen molar-refractivity contribution in [3.05, 3.63) is 39.3 Å². The summed E-state index contributed by atoms with van der Waals surface area (Å²) in [5.41, 5.74) is 8.16. The van der Waals surface area contributed by atoms with Gasteiger partial charge in [0.05, 0.1) is 9.48 Å². The van der Waals surface area contributed by atoms with E-state index in [0.717, 1.165) is 33.6 Å². The molecule has 0 aliphatic rings. The SMILES string of the molecule is CC(=O)Nc1nc(CCc2ccc(NC(=N)N)cc2)c(Br)s1. The van der Waals surface area contributed by atoms with E-state index in [0.29, 0.717) is 5.13 Å². The molecule has 0 aliphatic carbocycles. The second-order valence-electron chi connectivity index (χ2n) is 4.66. The number of hydrogen-bond acceptors (Lipinski definition) is 4. The molecule has 1 aromatic carbocycles. The third kappa shape index (κ3) is 4.81. The van der Waals surface area contributed by atoms with Crippen LogP contribution in [0.25, 0.3) is 0 Å². The van der Waals surface area contributed by atoms with Gasteiger partial charge in [-0.15, -0.1) is 0 Å². The molecule has 0 unspecified atom stereocenters. The highest BCUT2D eigenvalue weighted by Gasteiger charge is 2.10. The van der Waals surface area contributed by atoms with Gasteiger partial charge in [0.25, 0.3) is 0 Å². The Hall–Kier alpha value is -1.93. The molecule has 2 aromatic rings. The molecular formula is C14H16BrN5OS. The predicted octanol–water partition coefficient (Wildman–Crippen LogP) is 2.95. The molecule has 5 N–H and O–H groups in total. The van der Waals surface area contributed by atoms with Crippen LogP contribution in [0.3, 0.4) is 0 Å². The number of amides is 1. The van der Waals surface area contributed by atoms with Gasteiger partial charge in [-0.3, -0.25) is 10.2 Å². The number of benzene rings is 1. The Morgan fingerprint density at radius 2 is 2.00 bits per heavy atom. The fourth-order valence-corrected chi connectivity index (χ4v) is 3.40. The van der Waals surface area contributed by atoms with Crippen LogP contribution in [0, 0.1) is 5.41 Å². The summed E-state index contributed by atoms with van der Waals surface area (Å²) in [5.74, 6) is -0.203. The molecule has 0 saturated heterocycles. The van der Waals surface area contributed by atoms with Gasteiger partial charge in [-0.05, 0) is 46.5 Å². The molecule has 0 saturated carbocycles. The lowest BCUT2D eigenvalue weighted by Crippen LogP contribution is -2.20. The number of nitrogens with one attached hydrogen (secondary N) is 3. The molecule has 2 rings (SSSR count). The lowest BCUT2D eigenvalue weighted by molar-refractivity contribution is -0.114. The summed E-state index contributed by atoms with van der Waals surface area (Å²) in [6.07, 6.45) is 1.61. The van der Waals surface area contributed by atoms with Gasteiger partial charge in [0.1, 0.15) is 0 Å². The third-order valence-corrected chi connectivity index (χ3v) is 4.56. The highest BCUT2D eigenvalue weighted by Crippen LogP contribution is 2.29. The highest BCUT2D eigenvalue weighted by atomic mass is 79.9. The Morgan fingerprint density at radius 3 is 2.59 bits per heavy atom. The summed E-state index contributed by atoms with van der Waals surface area (Å²) in [4.78, 5) is 15.4. The Labute approximate surface area is 140 Å². The minimum Gasteiger partial charge on any atom is -0.370 e. The third-order valence-electron chi connectivity index (χ3n) is 2.82. The van der Waals surface area contributed by atoms with Gasteiger partial charge in [-0.25, -0.2) is 4.98 Å². The normalized spacial score (nSPS) is 10.3. The van der Waals surface area contributed by atoms with Crippen LogP contribution in [0.1, 0.15) is 18.2 Å². The Kier molecular flexibility index (Phi) is 5.51. The van der Waals surface area contributed by atoms with E-state index in [1.807, 2.05) is 24.3 Å². The number of nitrogens with two attached hydrogens (primary N) is 1. The monoisotopic (exact) mass is 381 g/mol. The van der Waals surface area contributed by atoms with E-state index < -0.39 is 0 Å². The molecule has 1 amide bonds. The highest BCUT2D eigenvalue weighted by molar-refractivity contribution is 9.11. The molecule has 0 aliphatic heterocycles. The maximum absolute atomic E-state index is 11.0. The van der Waals surface area contributed by atoms with E-state index in [-0.39, 0.29) is 11.9 Å². The molecule has 0 fully saturated rings. The first-order valence-electron chi connectivity index (χ1n) is 6.57. The maximum Gasteiger partial charge on any atom is 0.223 e. The van der Waals surface area contributed by atoms with E-state index in [1.165, 1.54) is 18.3 Å². The number of aryl methyl sites for hydroxylation is 2. The Balaban J connectivity index is 1.96. The molecule has 116 valence electrons. The van der Waals surface area contributed by atoms with Crippen LogP contribution in [0.4, 0.5) is 10.8 Å². The lowest BCUT2D eigenvalue weighted by Gasteiger charge is -2.05. The van der Waals surface area contributed by atoms with Gasteiger partial charge in [-0.2, -0.15) is 0 Å². The van der Waals surface area contributed by atoms with Crippen molar-refractivity contribution < 1.29 is 4.79 Å². The van der Waals surface area contributed by atoms with E-state index in [4.69, 9.17) is 11.1 Å². The lowest BCUT2D eigenvalue weighted by atomic mass is 10.1. The molecule has 1 aromatic heterocycles. The van der Waals surface area contributed by atoms with Gasteiger partial charge >= 0.3 is 0 Å². The summed E-state index contributed by atoms with van der Waals surface area (Å²) in [5, 5.41) is 13.2. The number of guanidine groups is 1. The van der Waals surface area contributed by atoms with E-state index in [9.17, 15) is 4.79 Å². The topological polar surface area (TPSA) is 104 Å². The van der Waals surface area contributed by atoms with Crippen molar-refractivity contribution in [2.75, 3.05) is 10.6 Å². The Bertz CT molecular complexity index is 683. The van der Waals surface area contributed by atoms with Crippen LogP contribution < -0.4 is 16.4 Å². The van der Waals surface area contributed by atoms with Crippen LogP contribution in [-0.4, -0.2) is 16.9 Å². The van der Waals surface area contributed by atoms with E-state index in [1.54, 1.807) is 0 Å². The average Bonchev–Trinajstić information content (AvgIpc) is 2.76. The number of nitrogens with zero attached hydrogens (tertiary/aromatic N) is 1. The smallest absolute Gasteiger partial charge is 0.223 e. The molecule has 0 bridgehead atoms. The molecule has 0 spiro atoms. The number of aromatic nitrogens is 1. The fraction of sp³-hybridized carbons (Fsp3) is 0.214. The quantitative estimate of drug-likeness (QED) is 0.471. The average molecular weight is 382 g/mol. The molecule has 6 nitrogen and oxygen atoms in total. The summed E-state index contributed by atoms with van der Waals surface area (Å²) >= 11 is 4.89. The number of halogens is 1. The summed E-state index contributed by atoms with van der Waals surface area (Å²) in [7, 11) is 0. The summed E-state index contributed by atoms with van der Waals surface area (Å²) in [6.45, 7) is 1.46. The largest absolute Gasteiger partial charge is 0.370 e. The van der Waals surface area contributed by atoms with Crippen molar-refractivity contribution in [2.24, 2.45) is 5.73 Å². The number of anilines is 2. The van der Waals surface area contributed by atoms with Gasteiger partial charge < -0.3 is 16.4 Å². The molecule has 8 heteroatoms. The van der Waals surface area contributed by atoms with Crippen LogP contribution in [0.15, 0.2) is 28.1 Å².